The number of nitrogens with one attached hydrogen (secondary N) is 2. The SMILES string of the molecule is NC1CCC(Nc2nc(NCC(c3ccccc3)c3ccccc3)c3ncn([C@@H]4C[C@H](n5cccn5)[C@@H](O)[C@H]4O)c3n2)CC1. The predicted octanol–water partition coefficient (Wildman–Crippen LogP) is 3.86. The molecule has 6 N–H and O–H groups in total. The number of benzene rings is 2. The minimum atomic E-state index is -1.01. The van der Waals surface area contributed by atoms with Crippen molar-refractivity contribution >= 4 is 22.9 Å². The first kappa shape index (κ1) is 28.5. The number of nitrogens with two attached hydrogens (primary N) is 1. The summed E-state index contributed by atoms with van der Waals surface area (Å²) in [6, 6.07) is 22.4. The van der Waals surface area contributed by atoms with Gasteiger partial charge in [0.2, 0.25) is 5.95 Å². The van der Waals surface area contributed by atoms with Crippen LogP contribution in [0.3, 0.4) is 0 Å². The molecule has 3 aromatic heterocycles. The Morgan fingerprint density at radius 2 is 1.55 bits per heavy atom. The van der Waals surface area contributed by atoms with Crippen molar-refractivity contribution in [3.8, 4) is 0 Å². The zero-order valence-electron chi connectivity index (χ0n) is 24.5. The third kappa shape index (κ3) is 5.66. The van der Waals surface area contributed by atoms with Crippen molar-refractivity contribution in [2.75, 3.05) is 17.2 Å². The van der Waals surface area contributed by atoms with Crippen LogP contribution in [0.15, 0.2) is 85.5 Å². The molecule has 11 nitrogen and oxygen atoms in total. The molecule has 0 aliphatic heterocycles. The minimum Gasteiger partial charge on any atom is -0.388 e. The Morgan fingerprint density at radius 3 is 2.20 bits per heavy atom. The fraction of sp³-hybridized carbons (Fsp3) is 0.394. The maximum Gasteiger partial charge on any atom is 0.227 e. The second-order valence-corrected chi connectivity index (χ2v) is 12.1. The summed E-state index contributed by atoms with van der Waals surface area (Å²) in [5.74, 6) is 1.22. The second-order valence-electron chi connectivity index (χ2n) is 12.1. The van der Waals surface area contributed by atoms with Crippen molar-refractivity contribution in [2.45, 2.75) is 74.4 Å². The Hall–Kier alpha value is -4.32. The van der Waals surface area contributed by atoms with E-state index in [1.807, 2.05) is 29.0 Å². The average molecular weight is 594 g/mol. The number of imidazole rings is 1. The monoisotopic (exact) mass is 593 g/mol. The number of aliphatic hydroxyl groups excluding tert-OH is 2. The van der Waals surface area contributed by atoms with Crippen LogP contribution < -0.4 is 16.4 Å². The molecule has 5 aromatic rings. The van der Waals surface area contributed by atoms with Crippen molar-refractivity contribution in [3.05, 3.63) is 96.6 Å². The van der Waals surface area contributed by atoms with Crippen LogP contribution in [-0.2, 0) is 0 Å². The molecule has 11 heteroatoms. The summed E-state index contributed by atoms with van der Waals surface area (Å²) in [6.45, 7) is 0.594. The van der Waals surface area contributed by atoms with Crippen molar-refractivity contribution in [3.63, 3.8) is 0 Å². The molecule has 2 aliphatic rings. The Morgan fingerprint density at radius 1 is 0.864 bits per heavy atom. The van der Waals surface area contributed by atoms with Gasteiger partial charge in [-0.05, 0) is 49.3 Å². The molecule has 44 heavy (non-hydrogen) atoms. The van der Waals surface area contributed by atoms with Crippen molar-refractivity contribution in [2.24, 2.45) is 5.73 Å². The summed E-state index contributed by atoms with van der Waals surface area (Å²) < 4.78 is 3.59. The van der Waals surface area contributed by atoms with E-state index in [1.165, 1.54) is 11.1 Å². The molecule has 3 heterocycles. The molecule has 0 spiro atoms. The predicted molar refractivity (Wildman–Crippen MR) is 169 cm³/mol. The lowest BCUT2D eigenvalue weighted by atomic mass is 9.91. The fourth-order valence-corrected chi connectivity index (χ4v) is 6.79. The van der Waals surface area contributed by atoms with Gasteiger partial charge in [-0.1, -0.05) is 60.7 Å². The van der Waals surface area contributed by atoms with Gasteiger partial charge in [0.25, 0.3) is 0 Å². The number of fused-ring (bicyclic) bond motifs is 1. The lowest BCUT2D eigenvalue weighted by Crippen LogP contribution is -2.33. The Kier molecular flexibility index (Phi) is 7.99. The molecule has 0 saturated heterocycles. The second kappa shape index (κ2) is 12.4. The van der Waals surface area contributed by atoms with E-state index in [4.69, 9.17) is 20.7 Å². The first-order valence-electron chi connectivity index (χ1n) is 15.5. The maximum absolute atomic E-state index is 11.2. The molecular weight excluding hydrogens is 554 g/mol. The van der Waals surface area contributed by atoms with E-state index < -0.39 is 18.2 Å². The summed E-state index contributed by atoms with van der Waals surface area (Å²) in [5, 5.41) is 33.6. The zero-order chi connectivity index (χ0) is 30.0. The van der Waals surface area contributed by atoms with Gasteiger partial charge in [0, 0.05) is 36.9 Å². The molecule has 2 aliphatic carbocycles. The molecule has 0 radical (unpaired) electrons. The number of hydrogen-bond donors (Lipinski definition) is 5. The molecule has 0 amide bonds. The van der Waals surface area contributed by atoms with Gasteiger partial charge in [-0.2, -0.15) is 15.1 Å². The van der Waals surface area contributed by atoms with E-state index >= 15 is 0 Å². The zero-order valence-corrected chi connectivity index (χ0v) is 24.5. The highest BCUT2D eigenvalue weighted by molar-refractivity contribution is 5.84. The molecule has 2 aromatic carbocycles. The van der Waals surface area contributed by atoms with Crippen LogP contribution in [0.5, 0.6) is 0 Å². The van der Waals surface area contributed by atoms with E-state index in [1.54, 1.807) is 17.2 Å². The number of hydrogen-bond acceptors (Lipinski definition) is 9. The van der Waals surface area contributed by atoms with Gasteiger partial charge >= 0.3 is 0 Å². The summed E-state index contributed by atoms with van der Waals surface area (Å²) in [7, 11) is 0. The summed E-state index contributed by atoms with van der Waals surface area (Å²) in [6.07, 6.45) is 7.51. The van der Waals surface area contributed by atoms with E-state index in [-0.39, 0.29) is 24.0 Å². The number of aromatic nitrogens is 6. The highest BCUT2D eigenvalue weighted by Gasteiger charge is 2.44. The van der Waals surface area contributed by atoms with Gasteiger partial charge < -0.3 is 31.1 Å². The first-order chi connectivity index (χ1) is 21.5. The maximum atomic E-state index is 11.2. The third-order valence-corrected chi connectivity index (χ3v) is 9.25. The molecule has 4 atom stereocenters. The standard InChI is InChI=1S/C33H39N9O2/c34-23-12-14-24(15-13-23)38-33-39-31(35-19-25(21-8-3-1-4-9-21)22-10-5-2-6-11-22)28-32(40-33)41(20-36-28)26-18-27(30(44)29(26)43)42-17-7-16-37-42/h1-11,16-17,20,23-27,29-30,43-44H,12-15,18-19,34H2,(H2,35,38,39,40)/t23?,24?,26-,27+,29+,30-/m1/s1. The van der Waals surface area contributed by atoms with Crippen LogP contribution in [0.25, 0.3) is 11.2 Å². The smallest absolute Gasteiger partial charge is 0.227 e. The van der Waals surface area contributed by atoms with Gasteiger partial charge in [-0.25, -0.2) is 4.98 Å². The lowest BCUT2D eigenvalue weighted by Gasteiger charge is -2.27. The Labute approximate surface area is 256 Å². The molecule has 2 saturated carbocycles. The van der Waals surface area contributed by atoms with Crippen molar-refractivity contribution < 1.29 is 10.2 Å². The van der Waals surface area contributed by atoms with Crippen molar-refractivity contribution in [1.29, 1.82) is 0 Å². The third-order valence-electron chi connectivity index (χ3n) is 9.25. The quantitative estimate of drug-likeness (QED) is 0.172. The average Bonchev–Trinajstić information content (AvgIpc) is 3.80. The Balaban J connectivity index is 1.23. The Bertz CT molecular complexity index is 1610. The highest BCUT2D eigenvalue weighted by Crippen LogP contribution is 2.40. The highest BCUT2D eigenvalue weighted by atomic mass is 16.3. The summed E-state index contributed by atoms with van der Waals surface area (Å²) in [4.78, 5) is 14.6. The van der Waals surface area contributed by atoms with Gasteiger partial charge in [0.1, 0.15) is 12.2 Å². The van der Waals surface area contributed by atoms with Crippen LogP contribution in [0.4, 0.5) is 11.8 Å². The van der Waals surface area contributed by atoms with Crippen LogP contribution >= 0.6 is 0 Å². The van der Waals surface area contributed by atoms with Gasteiger partial charge in [0.05, 0.1) is 18.4 Å². The largest absolute Gasteiger partial charge is 0.388 e. The summed E-state index contributed by atoms with van der Waals surface area (Å²) in [5.41, 5.74) is 9.79. The lowest BCUT2D eigenvalue weighted by molar-refractivity contribution is 0.00722. The molecule has 2 fully saturated rings. The molecular formula is C33H39N9O2. The van der Waals surface area contributed by atoms with Gasteiger partial charge in [-0.15, -0.1) is 0 Å². The molecule has 228 valence electrons. The molecule has 7 rings (SSSR count). The van der Waals surface area contributed by atoms with E-state index in [0.29, 0.717) is 35.9 Å². The topological polar surface area (TPSA) is 152 Å². The van der Waals surface area contributed by atoms with Crippen LogP contribution in [0.2, 0.25) is 0 Å². The fourth-order valence-electron chi connectivity index (χ4n) is 6.79. The van der Waals surface area contributed by atoms with Crippen molar-refractivity contribution in [1.82, 2.24) is 29.3 Å². The number of nitrogens with zero attached hydrogens (tertiary/aromatic N) is 6. The van der Waals surface area contributed by atoms with E-state index in [9.17, 15) is 10.2 Å². The van der Waals surface area contributed by atoms with Crippen LogP contribution in [0, 0.1) is 0 Å². The minimum absolute atomic E-state index is 0.0855. The van der Waals surface area contributed by atoms with Crippen LogP contribution in [0.1, 0.15) is 61.2 Å². The van der Waals surface area contributed by atoms with E-state index in [0.717, 1.165) is 25.7 Å². The van der Waals surface area contributed by atoms with Gasteiger partial charge in [0.15, 0.2) is 17.0 Å². The molecule has 0 bridgehead atoms. The number of anilines is 2. The van der Waals surface area contributed by atoms with Crippen LogP contribution in [-0.4, -0.2) is 70.3 Å². The number of rotatable bonds is 9. The number of aliphatic hydroxyl groups is 2. The van der Waals surface area contributed by atoms with Gasteiger partial charge in [-0.3, -0.25) is 4.68 Å². The normalized spacial score (nSPS) is 25.5. The summed E-state index contributed by atoms with van der Waals surface area (Å²) >= 11 is 0. The first-order valence-corrected chi connectivity index (χ1v) is 15.5. The molecule has 0 unspecified atom stereocenters. The van der Waals surface area contributed by atoms with E-state index in [2.05, 4.69) is 64.3 Å².